The number of anilines is 1. The molecular formula is C14H19IN4O2S. The van der Waals surface area contributed by atoms with Crippen molar-refractivity contribution in [1.29, 1.82) is 0 Å². The summed E-state index contributed by atoms with van der Waals surface area (Å²) in [4.78, 5) is 8.60. The summed E-state index contributed by atoms with van der Waals surface area (Å²) in [6.45, 7) is 2.40. The van der Waals surface area contributed by atoms with Gasteiger partial charge in [-0.05, 0) is 19.1 Å². The van der Waals surface area contributed by atoms with Crippen LogP contribution in [0.3, 0.4) is 0 Å². The summed E-state index contributed by atoms with van der Waals surface area (Å²) in [5.74, 6) is 1.68. The number of hydrogen-bond acceptors (Lipinski definition) is 5. The Hall–Kier alpha value is -1.55. The average Bonchev–Trinajstić information content (AvgIpc) is 2.90. The van der Waals surface area contributed by atoms with Crippen molar-refractivity contribution >= 4 is 47.0 Å². The highest BCUT2D eigenvalue weighted by atomic mass is 127. The summed E-state index contributed by atoms with van der Waals surface area (Å²) in [5, 5.41) is 5.92. The van der Waals surface area contributed by atoms with Crippen LogP contribution in [0.25, 0.3) is 0 Å². The molecule has 120 valence electrons. The van der Waals surface area contributed by atoms with Crippen LogP contribution >= 0.6 is 35.3 Å². The first-order valence-electron chi connectivity index (χ1n) is 6.32. The predicted molar refractivity (Wildman–Crippen MR) is 101 cm³/mol. The number of nitrogens with zero attached hydrogens (tertiary/aromatic N) is 2. The van der Waals surface area contributed by atoms with Crippen LogP contribution < -0.4 is 20.5 Å². The molecule has 8 heteroatoms. The van der Waals surface area contributed by atoms with Gasteiger partial charge < -0.3 is 20.5 Å². The van der Waals surface area contributed by atoms with Crippen molar-refractivity contribution in [2.75, 3.05) is 19.5 Å². The molecule has 0 bridgehead atoms. The molecule has 2 aromatic rings. The number of guanidine groups is 1. The Balaban J connectivity index is 0.00000242. The lowest BCUT2D eigenvalue weighted by molar-refractivity contribution is 0.405. The van der Waals surface area contributed by atoms with Gasteiger partial charge in [0, 0.05) is 17.1 Å². The van der Waals surface area contributed by atoms with Crippen LogP contribution in [0, 0.1) is 6.92 Å². The number of benzene rings is 1. The van der Waals surface area contributed by atoms with Crippen LogP contribution in [0.15, 0.2) is 28.6 Å². The number of ether oxygens (including phenoxy) is 2. The maximum absolute atomic E-state index is 5.89. The van der Waals surface area contributed by atoms with E-state index in [0.717, 1.165) is 10.7 Å². The summed E-state index contributed by atoms with van der Waals surface area (Å²) in [5.41, 5.74) is 7.59. The molecule has 0 saturated heterocycles. The Labute approximate surface area is 150 Å². The molecule has 0 radical (unpaired) electrons. The third-order valence-electron chi connectivity index (χ3n) is 2.72. The van der Waals surface area contributed by atoms with E-state index >= 15 is 0 Å². The maximum atomic E-state index is 5.89. The van der Waals surface area contributed by atoms with Crippen LogP contribution in [0.1, 0.15) is 10.7 Å². The fraction of sp³-hybridized carbons (Fsp3) is 0.286. The zero-order chi connectivity index (χ0) is 15.2. The third kappa shape index (κ3) is 5.02. The number of aryl methyl sites for hydroxylation is 1. The SMILES string of the molecule is COc1ccc(OC)c(NC(N)=NCc2nc(C)cs2)c1.I. The number of halogens is 1. The summed E-state index contributed by atoms with van der Waals surface area (Å²) in [7, 11) is 3.20. The zero-order valence-electron chi connectivity index (χ0n) is 12.6. The van der Waals surface area contributed by atoms with Crippen LogP contribution in [0.2, 0.25) is 0 Å². The van der Waals surface area contributed by atoms with Crippen molar-refractivity contribution < 1.29 is 9.47 Å². The molecule has 0 aliphatic heterocycles. The normalized spacial score (nSPS) is 10.8. The first-order valence-corrected chi connectivity index (χ1v) is 7.20. The van der Waals surface area contributed by atoms with Gasteiger partial charge in [-0.2, -0.15) is 0 Å². The number of methoxy groups -OCH3 is 2. The van der Waals surface area contributed by atoms with Gasteiger partial charge in [0.2, 0.25) is 0 Å². The molecular weight excluding hydrogens is 415 g/mol. The second kappa shape index (κ2) is 8.79. The van der Waals surface area contributed by atoms with Gasteiger partial charge in [-0.3, -0.25) is 0 Å². The number of nitrogens with one attached hydrogen (secondary N) is 1. The largest absolute Gasteiger partial charge is 0.497 e. The molecule has 1 aromatic heterocycles. The van der Waals surface area contributed by atoms with Crippen LogP contribution in [-0.4, -0.2) is 25.2 Å². The summed E-state index contributed by atoms with van der Waals surface area (Å²) in [6, 6.07) is 5.42. The van der Waals surface area contributed by atoms with Crippen molar-refractivity contribution in [2.45, 2.75) is 13.5 Å². The zero-order valence-corrected chi connectivity index (χ0v) is 15.8. The molecule has 22 heavy (non-hydrogen) atoms. The number of rotatable bonds is 5. The highest BCUT2D eigenvalue weighted by molar-refractivity contribution is 14.0. The molecule has 1 aromatic carbocycles. The molecule has 6 nitrogen and oxygen atoms in total. The molecule has 1 heterocycles. The second-order valence-corrected chi connectivity index (χ2v) is 5.22. The van der Waals surface area contributed by atoms with Crippen molar-refractivity contribution in [3.05, 3.63) is 34.3 Å². The lowest BCUT2D eigenvalue weighted by Gasteiger charge is -2.11. The average molecular weight is 434 g/mol. The van der Waals surface area contributed by atoms with Gasteiger partial charge in [0.15, 0.2) is 5.96 Å². The van der Waals surface area contributed by atoms with E-state index in [4.69, 9.17) is 15.2 Å². The monoisotopic (exact) mass is 434 g/mol. The molecule has 0 spiro atoms. The predicted octanol–water partition coefficient (Wildman–Crippen LogP) is 3.01. The minimum absolute atomic E-state index is 0. The molecule has 0 fully saturated rings. The van der Waals surface area contributed by atoms with Gasteiger partial charge >= 0.3 is 0 Å². The minimum atomic E-state index is 0. The summed E-state index contributed by atoms with van der Waals surface area (Å²) >= 11 is 1.57. The number of nitrogens with two attached hydrogens (primary N) is 1. The van der Waals surface area contributed by atoms with Gasteiger partial charge in [0.05, 0.1) is 26.5 Å². The summed E-state index contributed by atoms with van der Waals surface area (Å²) < 4.78 is 10.5. The van der Waals surface area contributed by atoms with Crippen LogP contribution in [-0.2, 0) is 6.54 Å². The Kier molecular flexibility index (Phi) is 7.39. The van der Waals surface area contributed by atoms with E-state index < -0.39 is 0 Å². The molecule has 0 amide bonds. The van der Waals surface area contributed by atoms with Crippen molar-refractivity contribution in [3.63, 3.8) is 0 Å². The van der Waals surface area contributed by atoms with E-state index in [-0.39, 0.29) is 24.0 Å². The molecule has 0 unspecified atom stereocenters. The van der Waals surface area contributed by atoms with E-state index in [1.54, 1.807) is 37.7 Å². The highest BCUT2D eigenvalue weighted by Gasteiger charge is 2.06. The van der Waals surface area contributed by atoms with Crippen molar-refractivity contribution in [1.82, 2.24) is 4.98 Å². The lowest BCUT2D eigenvalue weighted by atomic mass is 10.2. The Morgan fingerprint density at radius 3 is 2.73 bits per heavy atom. The fourth-order valence-electron chi connectivity index (χ4n) is 1.72. The first-order chi connectivity index (χ1) is 10.1. The smallest absolute Gasteiger partial charge is 0.193 e. The van der Waals surface area contributed by atoms with E-state index in [1.807, 2.05) is 18.4 Å². The standard InChI is InChI=1S/C14H18N4O2S.HI/c1-9-8-21-13(17-9)7-16-14(15)18-11-6-10(19-2)4-5-12(11)20-3;/h4-6,8H,7H2,1-3H3,(H3,15,16,18);1H. The molecule has 2 rings (SSSR count). The van der Waals surface area contributed by atoms with Crippen molar-refractivity contribution in [2.24, 2.45) is 10.7 Å². The van der Waals surface area contributed by atoms with E-state index in [2.05, 4.69) is 15.3 Å². The number of aliphatic imine (C=N–C) groups is 1. The lowest BCUT2D eigenvalue weighted by Crippen LogP contribution is -2.23. The topological polar surface area (TPSA) is 81.8 Å². The maximum Gasteiger partial charge on any atom is 0.193 e. The van der Waals surface area contributed by atoms with Gasteiger partial charge in [-0.15, -0.1) is 35.3 Å². The van der Waals surface area contributed by atoms with Crippen LogP contribution in [0.4, 0.5) is 5.69 Å². The Morgan fingerprint density at radius 1 is 1.36 bits per heavy atom. The summed E-state index contributed by atoms with van der Waals surface area (Å²) in [6.07, 6.45) is 0. The number of aromatic nitrogens is 1. The van der Waals surface area contributed by atoms with Crippen molar-refractivity contribution in [3.8, 4) is 11.5 Å². The number of thiazole rings is 1. The molecule has 0 saturated carbocycles. The molecule has 0 aliphatic carbocycles. The van der Waals surface area contributed by atoms with Gasteiger partial charge in [-0.1, -0.05) is 0 Å². The number of hydrogen-bond donors (Lipinski definition) is 2. The quantitative estimate of drug-likeness (QED) is 0.430. The Bertz CT molecular complexity index is 646. The van der Waals surface area contributed by atoms with Crippen LogP contribution in [0.5, 0.6) is 11.5 Å². The molecule has 0 atom stereocenters. The van der Waals surface area contributed by atoms with Gasteiger partial charge in [0.1, 0.15) is 16.5 Å². The van der Waals surface area contributed by atoms with Gasteiger partial charge in [-0.25, -0.2) is 9.98 Å². The first kappa shape index (κ1) is 18.5. The minimum Gasteiger partial charge on any atom is -0.497 e. The van der Waals surface area contributed by atoms with E-state index in [1.165, 1.54) is 0 Å². The van der Waals surface area contributed by atoms with E-state index in [0.29, 0.717) is 29.7 Å². The molecule has 0 aliphatic rings. The Morgan fingerprint density at radius 2 is 2.14 bits per heavy atom. The fourth-order valence-corrected chi connectivity index (χ4v) is 2.41. The third-order valence-corrected chi connectivity index (χ3v) is 3.67. The van der Waals surface area contributed by atoms with Gasteiger partial charge in [0.25, 0.3) is 0 Å². The highest BCUT2D eigenvalue weighted by Crippen LogP contribution is 2.28. The molecule has 3 N–H and O–H groups in total. The second-order valence-electron chi connectivity index (χ2n) is 4.28. The van der Waals surface area contributed by atoms with E-state index in [9.17, 15) is 0 Å².